The molecular weight excluding hydrogens is 364 g/mol. The highest BCUT2D eigenvalue weighted by molar-refractivity contribution is 5.69. The monoisotopic (exact) mass is 386 g/mol. The molecule has 2 N–H and O–H groups in total. The van der Waals surface area contributed by atoms with Crippen molar-refractivity contribution in [2.75, 3.05) is 25.9 Å². The number of imidazole rings is 1. The van der Waals surface area contributed by atoms with E-state index in [1.807, 2.05) is 52.9 Å². The number of hydrogen-bond donors (Lipinski definition) is 1. The van der Waals surface area contributed by atoms with E-state index in [4.69, 9.17) is 15.5 Å². The van der Waals surface area contributed by atoms with Gasteiger partial charge in [0.25, 0.3) is 0 Å². The number of nitrogens with zero attached hydrogens (tertiary/aromatic N) is 5. The van der Waals surface area contributed by atoms with Crippen LogP contribution in [-0.2, 0) is 0 Å². The van der Waals surface area contributed by atoms with Crippen molar-refractivity contribution in [1.82, 2.24) is 24.3 Å². The predicted molar refractivity (Wildman–Crippen MR) is 112 cm³/mol. The Hall–Kier alpha value is -3.45. The van der Waals surface area contributed by atoms with Gasteiger partial charge in [0.15, 0.2) is 0 Å². The highest BCUT2D eigenvalue weighted by Gasteiger charge is 2.27. The summed E-state index contributed by atoms with van der Waals surface area (Å²) >= 11 is 0. The van der Waals surface area contributed by atoms with Gasteiger partial charge in [0.1, 0.15) is 11.6 Å². The van der Waals surface area contributed by atoms with Crippen LogP contribution in [0.15, 0.2) is 60.9 Å². The molecule has 0 bridgehead atoms. The van der Waals surface area contributed by atoms with Gasteiger partial charge in [-0.1, -0.05) is 6.07 Å². The lowest BCUT2D eigenvalue weighted by atomic mass is 10.0. The molecule has 7 heteroatoms. The Labute approximate surface area is 168 Å². The van der Waals surface area contributed by atoms with Crippen molar-refractivity contribution in [2.24, 2.45) is 0 Å². The fraction of sp³-hybridized carbons (Fsp3) is 0.227. The van der Waals surface area contributed by atoms with Crippen LogP contribution < -0.4 is 10.5 Å². The predicted octanol–water partition coefficient (Wildman–Crippen LogP) is 3.58. The number of pyridine rings is 1. The lowest BCUT2D eigenvalue weighted by Gasteiger charge is -2.08. The Morgan fingerprint density at radius 1 is 1.03 bits per heavy atom. The number of aromatic nitrogens is 4. The van der Waals surface area contributed by atoms with Crippen molar-refractivity contribution in [3.05, 3.63) is 66.6 Å². The number of benzene rings is 1. The molecule has 1 saturated heterocycles. The summed E-state index contributed by atoms with van der Waals surface area (Å²) in [7, 11) is 2.15. The number of ether oxygens (including phenoxy) is 1. The van der Waals surface area contributed by atoms with Crippen LogP contribution in [0.5, 0.6) is 11.6 Å². The maximum atomic E-state index is 6.23. The van der Waals surface area contributed by atoms with Gasteiger partial charge in [-0.15, -0.1) is 0 Å². The van der Waals surface area contributed by atoms with Crippen LogP contribution in [0.1, 0.15) is 18.0 Å². The summed E-state index contributed by atoms with van der Waals surface area (Å²) in [6.07, 6.45) is 4.56. The molecule has 5 rings (SSSR count). The molecule has 1 fully saturated rings. The van der Waals surface area contributed by atoms with Gasteiger partial charge in [-0.25, -0.2) is 15.0 Å². The lowest BCUT2D eigenvalue weighted by Crippen LogP contribution is -2.13. The van der Waals surface area contributed by atoms with Crippen LogP contribution in [0.2, 0.25) is 0 Å². The highest BCUT2D eigenvalue weighted by atomic mass is 16.5. The molecule has 3 aromatic heterocycles. The van der Waals surface area contributed by atoms with Crippen molar-refractivity contribution in [3.63, 3.8) is 0 Å². The van der Waals surface area contributed by atoms with Crippen LogP contribution in [-0.4, -0.2) is 44.4 Å². The smallest absolute Gasteiger partial charge is 0.219 e. The Bertz CT molecular complexity index is 1140. The third-order valence-corrected chi connectivity index (χ3v) is 5.36. The average molecular weight is 386 g/mol. The second-order valence-electron chi connectivity index (χ2n) is 7.39. The molecule has 1 aliphatic heterocycles. The number of rotatable bonds is 4. The van der Waals surface area contributed by atoms with Gasteiger partial charge in [0.2, 0.25) is 11.8 Å². The number of anilines is 1. The van der Waals surface area contributed by atoms with Crippen molar-refractivity contribution < 1.29 is 4.74 Å². The summed E-state index contributed by atoms with van der Waals surface area (Å²) < 4.78 is 7.74. The van der Waals surface area contributed by atoms with Crippen molar-refractivity contribution in [1.29, 1.82) is 0 Å². The minimum absolute atomic E-state index is 0.400. The third-order valence-electron chi connectivity index (χ3n) is 5.36. The summed E-state index contributed by atoms with van der Waals surface area (Å²) in [6, 6.07) is 15.4. The van der Waals surface area contributed by atoms with Gasteiger partial charge in [-0.2, -0.15) is 0 Å². The van der Waals surface area contributed by atoms with Crippen molar-refractivity contribution in [3.8, 4) is 23.0 Å². The van der Waals surface area contributed by atoms with E-state index >= 15 is 0 Å². The first-order chi connectivity index (χ1) is 14.2. The molecule has 1 aromatic carbocycles. The van der Waals surface area contributed by atoms with Crippen LogP contribution in [0.25, 0.3) is 16.9 Å². The number of nitrogens with two attached hydrogens (primary N) is 1. The fourth-order valence-electron chi connectivity index (χ4n) is 3.94. The fourth-order valence-corrected chi connectivity index (χ4v) is 3.94. The van der Waals surface area contributed by atoms with Crippen molar-refractivity contribution in [2.45, 2.75) is 12.3 Å². The van der Waals surface area contributed by atoms with Gasteiger partial charge in [0, 0.05) is 36.5 Å². The normalized spacial score (nSPS) is 17.1. The number of likely N-dealkylation sites (N-methyl/N-ethyl adjacent to an activating group) is 1. The second-order valence-corrected chi connectivity index (χ2v) is 7.39. The molecule has 4 aromatic rings. The number of fused-ring (bicyclic) bond motifs is 1. The molecule has 146 valence electrons. The molecule has 7 nitrogen and oxygen atoms in total. The highest BCUT2D eigenvalue weighted by Crippen LogP contribution is 2.33. The molecule has 0 spiro atoms. The van der Waals surface area contributed by atoms with E-state index in [1.54, 1.807) is 12.4 Å². The number of nitrogen functional groups attached to an aromatic ring is 1. The van der Waals surface area contributed by atoms with Gasteiger partial charge >= 0.3 is 0 Å². The number of hydrogen-bond acceptors (Lipinski definition) is 6. The summed E-state index contributed by atoms with van der Waals surface area (Å²) in [6.45, 7) is 2.09. The summed E-state index contributed by atoms with van der Waals surface area (Å²) in [5, 5.41) is 0. The molecule has 0 radical (unpaired) electrons. The van der Waals surface area contributed by atoms with Crippen LogP contribution in [0.4, 0.5) is 5.95 Å². The summed E-state index contributed by atoms with van der Waals surface area (Å²) in [5.41, 5.74) is 9.32. The van der Waals surface area contributed by atoms with Gasteiger partial charge in [-0.3, -0.25) is 4.40 Å². The van der Waals surface area contributed by atoms with E-state index < -0.39 is 0 Å². The van der Waals surface area contributed by atoms with Gasteiger partial charge in [0.05, 0.1) is 11.2 Å². The quantitative estimate of drug-likeness (QED) is 0.577. The zero-order valence-electron chi connectivity index (χ0n) is 16.2. The molecule has 1 aliphatic rings. The molecule has 0 saturated carbocycles. The SMILES string of the molecule is CN1CCC(c2nc(-c3ccc(Oc4ccccn4)cc3)n3c(N)nccc23)C1. The van der Waals surface area contributed by atoms with E-state index in [0.717, 1.165) is 47.9 Å². The minimum Gasteiger partial charge on any atom is -0.439 e. The Balaban J connectivity index is 1.53. The van der Waals surface area contributed by atoms with Crippen LogP contribution in [0.3, 0.4) is 0 Å². The molecule has 1 atom stereocenters. The number of likely N-dealkylation sites (tertiary alicyclic amines) is 1. The Kier molecular flexibility index (Phi) is 4.37. The van der Waals surface area contributed by atoms with Gasteiger partial charge in [-0.05, 0) is 56.4 Å². The molecule has 0 amide bonds. The van der Waals surface area contributed by atoms with E-state index in [9.17, 15) is 0 Å². The second kappa shape index (κ2) is 7.18. The van der Waals surface area contributed by atoms with E-state index in [1.165, 1.54) is 0 Å². The Morgan fingerprint density at radius 2 is 1.90 bits per heavy atom. The zero-order valence-corrected chi connectivity index (χ0v) is 16.2. The van der Waals surface area contributed by atoms with Gasteiger partial charge < -0.3 is 15.4 Å². The first-order valence-electron chi connectivity index (χ1n) is 9.70. The zero-order chi connectivity index (χ0) is 19.8. The molecular formula is C22H22N6O. The summed E-state index contributed by atoms with van der Waals surface area (Å²) in [4.78, 5) is 15.8. The topological polar surface area (TPSA) is 81.6 Å². The maximum absolute atomic E-state index is 6.23. The largest absolute Gasteiger partial charge is 0.439 e. The van der Waals surface area contributed by atoms with Crippen LogP contribution >= 0.6 is 0 Å². The van der Waals surface area contributed by atoms with E-state index in [2.05, 4.69) is 21.9 Å². The molecule has 0 aliphatic carbocycles. The van der Waals surface area contributed by atoms with E-state index in [-0.39, 0.29) is 0 Å². The molecule has 1 unspecified atom stereocenters. The first-order valence-corrected chi connectivity index (χ1v) is 9.70. The van der Waals surface area contributed by atoms with E-state index in [0.29, 0.717) is 17.7 Å². The standard InChI is InChI=1S/C22H22N6O/c1-27-13-10-16(14-27)20-18-9-12-25-22(23)28(18)21(26-20)15-5-7-17(8-6-15)29-19-4-2-3-11-24-19/h2-9,11-12,16H,10,13-14H2,1H3,(H2,23,25). The van der Waals surface area contributed by atoms with Crippen LogP contribution in [0, 0.1) is 0 Å². The Morgan fingerprint density at radius 3 is 2.62 bits per heavy atom. The van der Waals surface area contributed by atoms with Crippen molar-refractivity contribution >= 4 is 11.5 Å². The molecule has 29 heavy (non-hydrogen) atoms. The third kappa shape index (κ3) is 3.30. The molecule has 4 heterocycles. The lowest BCUT2D eigenvalue weighted by molar-refractivity contribution is 0.411. The average Bonchev–Trinajstić information content (AvgIpc) is 3.34. The first kappa shape index (κ1) is 17.6. The minimum atomic E-state index is 0.400. The maximum Gasteiger partial charge on any atom is 0.219 e. The summed E-state index contributed by atoms with van der Waals surface area (Å²) in [5.74, 6) is 2.93.